The van der Waals surface area contributed by atoms with Crippen LogP contribution in [0.25, 0.3) is 22.3 Å². The van der Waals surface area contributed by atoms with Gasteiger partial charge in [0.1, 0.15) is 11.5 Å². The van der Waals surface area contributed by atoms with Gasteiger partial charge in [0.15, 0.2) is 0 Å². The number of likely N-dealkylation sites (tertiary alicyclic amines) is 1. The molecule has 1 atom stereocenters. The molecule has 1 saturated carbocycles. The van der Waals surface area contributed by atoms with Gasteiger partial charge in [-0.1, -0.05) is 18.5 Å². The van der Waals surface area contributed by atoms with Crippen molar-refractivity contribution in [2.24, 2.45) is 5.92 Å². The maximum Gasteiger partial charge on any atom is 0.224 e. The first-order valence-corrected chi connectivity index (χ1v) is 12.4. The first-order chi connectivity index (χ1) is 16.1. The highest BCUT2D eigenvalue weighted by Crippen LogP contribution is 2.30. The molecule has 33 heavy (non-hydrogen) atoms. The molecule has 3 N–H and O–H groups in total. The average molecular weight is 467 g/mol. The molecule has 0 bridgehead atoms. The summed E-state index contributed by atoms with van der Waals surface area (Å²) >= 11 is 6.44. The first-order valence-electron chi connectivity index (χ1n) is 12.0. The number of aromatic amines is 1. The molecule has 174 valence electrons. The van der Waals surface area contributed by atoms with Crippen molar-refractivity contribution in [3.8, 4) is 11.3 Å². The smallest absolute Gasteiger partial charge is 0.224 e. The Morgan fingerprint density at radius 1 is 1.21 bits per heavy atom. The van der Waals surface area contributed by atoms with E-state index in [2.05, 4.69) is 32.4 Å². The molecule has 1 aliphatic heterocycles. The SMILES string of the molecule is CCN1CCC(C(=O)NC2CCC(Nc3cc(Cl)cc(-c4c[nH]c5ncccc45)n3)CC2)C1. The summed E-state index contributed by atoms with van der Waals surface area (Å²) < 4.78 is 0. The van der Waals surface area contributed by atoms with Crippen LogP contribution in [0.15, 0.2) is 36.7 Å². The normalized spacial score (nSPS) is 23.6. The third-order valence-electron chi connectivity index (χ3n) is 7.03. The lowest BCUT2D eigenvalue weighted by Gasteiger charge is -2.30. The maximum atomic E-state index is 12.6. The zero-order valence-corrected chi connectivity index (χ0v) is 19.7. The average Bonchev–Trinajstić information content (AvgIpc) is 3.47. The van der Waals surface area contributed by atoms with Crippen molar-refractivity contribution in [3.63, 3.8) is 0 Å². The second-order valence-electron chi connectivity index (χ2n) is 9.24. The summed E-state index contributed by atoms with van der Waals surface area (Å²) in [6.07, 6.45) is 8.63. The van der Waals surface area contributed by atoms with E-state index in [0.717, 1.165) is 79.8 Å². The summed E-state index contributed by atoms with van der Waals surface area (Å²) in [7, 11) is 0. The van der Waals surface area contributed by atoms with Crippen LogP contribution in [-0.2, 0) is 4.79 Å². The molecular formula is C25H31ClN6O. The predicted octanol–water partition coefficient (Wildman–Crippen LogP) is 4.46. The number of carbonyl (C=O) groups is 1. The van der Waals surface area contributed by atoms with Gasteiger partial charge in [0.25, 0.3) is 0 Å². The lowest BCUT2D eigenvalue weighted by molar-refractivity contribution is -0.125. The summed E-state index contributed by atoms with van der Waals surface area (Å²) in [6.45, 7) is 5.12. The maximum absolute atomic E-state index is 12.6. The second kappa shape index (κ2) is 9.69. The molecular weight excluding hydrogens is 436 g/mol. The van der Waals surface area contributed by atoms with E-state index in [1.165, 1.54) is 0 Å². The number of rotatable bonds is 6. The third kappa shape index (κ3) is 4.99. The van der Waals surface area contributed by atoms with Gasteiger partial charge in [0.2, 0.25) is 5.91 Å². The number of anilines is 1. The van der Waals surface area contributed by atoms with E-state index in [1.807, 2.05) is 30.5 Å². The Hall–Kier alpha value is -2.64. The number of carbonyl (C=O) groups excluding carboxylic acids is 1. The standard InChI is InChI=1S/C25H31ClN6O/c1-2-32-11-9-16(15-32)25(33)30-19-7-5-18(6-8-19)29-23-13-17(26)12-22(31-23)21-14-28-24-20(21)4-3-10-27-24/h3-4,10,12-14,16,18-19H,2,5-9,11,15H2,1H3,(H,27,28)(H,29,31)(H,30,33). The topological polar surface area (TPSA) is 85.9 Å². The summed E-state index contributed by atoms with van der Waals surface area (Å²) in [4.78, 5) is 27.4. The number of aromatic nitrogens is 3. The molecule has 3 aromatic rings. The Bertz CT molecular complexity index is 1120. The van der Waals surface area contributed by atoms with Crippen molar-refractivity contribution in [1.29, 1.82) is 0 Å². The molecule has 0 aromatic carbocycles. The minimum atomic E-state index is 0.148. The van der Waals surface area contributed by atoms with Crippen molar-refractivity contribution in [3.05, 3.63) is 41.7 Å². The van der Waals surface area contributed by atoms with Gasteiger partial charge in [-0.05, 0) is 69.5 Å². The number of nitrogens with one attached hydrogen (secondary N) is 3. The van der Waals surface area contributed by atoms with Gasteiger partial charge in [0.05, 0.1) is 11.6 Å². The largest absolute Gasteiger partial charge is 0.367 e. The number of H-pyrrole nitrogens is 1. The lowest BCUT2D eigenvalue weighted by Crippen LogP contribution is -2.43. The van der Waals surface area contributed by atoms with E-state index in [1.54, 1.807) is 6.20 Å². The van der Waals surface area contributed by atoms with Gasteiger partial charge >= 0.3 is 0 Å². The van der Waals surface area contributed by atoms with Gasteiger partial charge in [0, 0.05) is 47.0 Å². The highest BCUT2D eigenvalue weighted by Gasteiger charge is 2.30. The molecule has 1 saturated heterocycles. The molecule has 0 radical (unpaired) electrons. The van der Waals surface area contributed by atoms with E-state index < -0.39 is 0 Å². The minimum Gasteiger partial charge on any atom is -0.367 e. The third-order valence-corrected chi connectivity index (χ3v) is 7.25. The summed E-state index contributed by atoms with van der Waals surface area (Å²) in [5, 5.41) is 8.56. The zero-order valence-electron chi connectivity index (χ0n) is 19.0. The number of amides is 1. The fourth-order valence-electron chi connectivity index (χ4n) is 5.12. The van der Waals surface area contributed by atoms with Crippen LogP contribution in [0.5, 0.6) is 0 Å². The highest BCUT2D eigenvalue weighted by molar-refractivity contribution is 6.31. The number of nitrogens with zero attached hydrogens (tertiary/aromatic N) is 3. The molecule has 1 unspecified atom stereocenters. The molecule has 1 aliphatic carbocycles. The van der Waals surface area contributed by atoms with Crippen LogP contribution in [0.4, 0.5) is 5.82 Å². The Morgan fingerprint density at radius 2 is 2.03 bits per heavy atom. The van der Waals surface area contributed by atoms with Crippen molar-refractivity contribution in [1.82, 2.24) is 25.2 Å². The fourth-order valence-corrected chi connectivity index (χ4v) is 5.33. The highest BCUT2D eigenvalue weighted by atomic mass is 35.5. The first kappa shape index (κ1) is 22.2. The monoisotopic (exact) mass is 466 g/mol. The molecule has 5 rings (SSSR count). The van der Waals surface area contributed by atoms with E-state index in [0.29, 0.717) is 11.1 Å². The second-order valence-corrected chi connectivity index (χ2v) is 9.67. The van der Waals surface area contributed by atoms with Crippen LogP contribution in [0.2, 0.25) is 5.02 Å². The minimum absolute atomic E-state index is 0.148. The molecule has 3 aromatic heterocycles. The van der Waals surface area contributed by atoms with Crippen LogP contribution < -0.4 is 10.6 Å². The number of fused-ring (bicyclic) bond motifs is 1. The van der Waals surface area contributed by atoms with Crippen LogP contribution in [0, 0.1) is 5.92 Å². The van der Waals surface area contributed by atoms with Gasteiger partial charge < -0.3 is 20.5 Å². The van der Waals surface area contributed by atoms with E-state index >= 15 is 0 Å². The quantitative estimate of drug-likeness (QED) is 0.499. The number of hydrogen-bond acceptors (Lipinski definition) is 5. The molecule has 1 amide bonds. The molecule has 8 heteroatoms. The van der Waals surface area contributed by atoms with Crippen LogP contribution in [0.3, 0.4) is 0 Å². The van der Waals surface area contributed by atoms with Crippen molar-refractivity contribution in [2.75, 3.05) is 25.0 Å². The van der Waals surface area contributed by atoms with Gasteiger partial charge in [-0.2, -0.15) is 0 Å². The van der Waals surface area contributed by atoms with E-state index in [9.17, 15) is 4.79 Å². The Balaban J connectivity index is 1.19. The molecule has 0 spiro atoms. The lowest BCUT2D eigenvalue weighted by atomic mass is 9.90. The fraction of sp³-hybridized carbons (Fsp3) is 0.480. The van der Waals surface area contributed by atoms with Gasteiger partial charge in [-0.3, -0.25) is 4.79 Å². The Morgan fingerprint density at radius 3 is 2.82 bits per heavy atom. The Labute approximate surface area is 199 Å². The molecule has 4 heterocycles. The summed E-state index contributed by atoms with van der Waals surface area (Å²) in [5.41, 5.74) is 2.65. The van der Waals surface area contributed by atoms with Crippen LogP contribution >= 0.6 is 11.6 Å². The van der Waals surface area contributed by atoms with Crippen LogP contribution in [0.1, 0.15) is 39.0 Å². The molecule has 2 fully saturated rings. The zero-order chi connectivity index (χ0) is 22.8. The summed E-state index contributed by atoms with van der Waals surface area (Å²) in [6, 6.07) is 8.32. The van der Waals surface area contributed by atoms with Crippen molar-refractivity contribution < 1.29 is 4.79 Å². The van der Waals surface area contributed by atoms with E-state index in [-0.39, 0.29) is 17.9 Å². The number of halogens is 1. The molecule has 2 aliphatic rings. The van der Waals surface area contributed by atoms with E-state index in [4.69, 9.17) is 16.6 Å². The van der Waals surface area contributed by atoms with Crippen molar-refractivity contribution >= 4 is 34.4 Å². The predicted molar refractivity (Wildman–Crippen MR) is 132 cm³/mol. The van der Waals surface area contributed by atoms with Gasteiger partial charge in [-0.25, -0.2) is 9.97 Å². The number of pyridine rings is 2. The Kier molecular flexibility index (Phi) is 6.51. The van der Waals surface area contributed by atoms with Crippen LogP contribution in [-0.4, -0.2) is 57.5 Å². The van der Waals surface area contributed by atoms with Crippen molar-refractivity contribution in [2.45, 2.75) is 51.1 Å². The van der Waals surface area contributed by atoms with Gasteiger partial charge in [-0.15, -0.1) is 0 Å². The molecule has 7 nitrogen and oxygen atoms in total. The summed E-state index contributed by atoms with van der Waals surface area (Å²) in [5.74, 6) is 1.17. The number of hydrogen-bond donors (Lipinski definition) is 3.